The average Bonchev–Trinajstić information content (AvgIpc) is 2.19. The molecule has 74 valence electrons. The third-order valence-electron chi connectivity index (χ3n) is 2.42. The number of benzene rings is 1. The van der Waals surface area contributed by atoms with Gasteiger partial charge in [0, 0.05) is 19.6 Å². The Hall–Kier alpha value is -1.12. The first-order valence-electron chi connectivity index (χ1n) is 4.95. The van der Waals surface area contributed by atoms with Gasteiger partial charge in [0.15, 0.2) is 0 Å². The highest BCUT2D eigenvalue weighted by molar-refractivity contribution is 5.15. The quantitative estimate of drug-likeness (QED) is 0.711. The van der Waals surface area contributed by atoms with Crippen molar-refractivity contribution in [1.82, 2.24) is 4.90 Å². The molecular formula is C12H15NO. The summed E-state index contributed by atoms with van der Waals surface area (Å²) in [5, 5.41) is 9.43. The highest BCUT2D eigenvalue weighted by Crippen LogP contribution is 2.08. The molecule has 2 nitrogen and oxygen atoms in total. The summed E-state index contributed by atoms with van der Waals surface area (Å²) in [5.41, 5.74) is 1.30. The van der Waals surface area contributed by atoms with Crippen molar-refractivity contribution in [2.24, 2.45) is 0 Å². The van der Waals surface area contributed by atoms with Crippen LogP contribution in [0.1, 0.15) is 5.56 Å². The lowest BCUT2D eigenvalue weighted by Crippen LogP contribution is -2.34. The van der Waals surface area contributed by atoms with Crippen LogP contribution >= 0.6 is 0 Å². The Bertz CT molecular complexity index is 307. The van der Waals surface area contributed by atoms with Crippen LogP contribution in [0.25, 0.3) is 0 Å². The third-order valence-corrected chi connectivity index (χ3v) is 2.42. The lowest BCUT2D eigenvalue weighted by atomic mass is 10.1. The fourth-order valence-electron chi connectivity index (χ4n) is 1.74. The van der Waals surface area contributed by atoms with E-state index in [0.29, 0.717) is 0 Å². The second-order valence-corrected chi connectivity index (χ2v) is 3.68. The molecule has 0 aliphatic carbocycles. The fourth-order valence-corrected chi connectivity index (χ4v) is 1.74. The molecule has 0 saturated heterocycles. The van der Waals surface area contributed by atoms with Crippen molar-refractivity contribution >= 4 is 0 Å². The smallest absolute Gasteiger partial charge is 0.0848 e. The molecule has 0 amide bonds. The van der Waals surface area contributed by atoms with Crippen LogP contribution in [0.4, 0.5) is 0 Å². The van der Waals surface area contributed by atoms with Gasteiger partial charge in [-0.3, -0.25) is 4.90 Å². The van der Waals surface area contributed by atoms with Crippen LogP contribution in [-0.2, 0) is 6.54 Å². The molecule has 0 aromatic heterocycles. The molecule has 0 fully saturated rings. The molecule has 2 heteroatoms. The van der Waals surface area contributed by atoms with Crippen molar-refractivity contribution < 1.29 is 5.11 Å². The maximum atomic E-state index is 9.43. The molecule has 1 aliphatic rings. The molecule has 0 bridgehead atoms. The Morgan fingerprint density at radius 1 is 1.29 bits per heavy atom. The number of hydrogen-bond donors (Lipinski definition) is 1. The lowest BCUT2D eigenvalue weighted by molar-refractivity contribution is 0.140. The van der Waals surface area contributed by atoms with Crippen LogP contribution in [0.15, 0.2) is 42.5 Å². The number of aliphatic hydroxyl groups is 1. The van der Waals surface area contributed by atoms with E-state index in [1.807, 2.05) is 30.4 Å². The van der Waals surface area contributed by atoms with Gasteiger partial charge < -0.3 is 5.11 Å². The fraction of sp³-hybridized carbons (Fsp3) is 0.333. The van der Waals surface area contributed by atoms with Gasteiger partial charge in [0.05, 0.1) is 6.10 Å². The predicted molar refractivity (Wildman–Crippen MR) is 56.9 cm³/mol. The van der Waals surface area contributed by atoms with Gasteiger partial charge in [0.1, 0.15) is 0 Å². The van der Waals surface area contributed by atoms with Crippen molar-refractivity contribution in [3.05, 3.63) is 48.0 Å². The average molecular weight is 189 g/mol. The minimum absolute atomic E-state index is 0.299. The number of β-amino-alcohol motifs (C(OH)–C–C–N with tert-alkyl or cyclic N) is 1. The van der Waals surface area contributed by atoms with E-state index >= 15 is 0 Å². The number of rotatable bonds is 2. The number of nitrogens with zero attached hydrogens (tertiary/aromatic N) is 1. The Labute approximate surface area is 84.5 Å². The zero-order valence-electron chi connectivity index (χ0n) is 8.13. The van der Waals surface area contributed by atoms with E-state index < -0.39 is 0 Å². The summed E-state index contributed by atoms with van der Waals surface area (Å²) >= 11 is 0. The van der Waals surface area contributed by atoms with Gasteiger partial charge >= 0.3 is 0 Å². The molecular weight excluding hydrogens is 174 g/mol. The molecule has 1 aromatic rings. The van der Waals surface area contributed by atoms with Gasteiger partial charge in [-0.05, 0) is 5.56 Å². The minimum Gasteiger partial charge on any atom is -0.388 e. The predicted octanol–water partition coefficient (Wildman–Crippen LogP) is 1.42. The Morgan fingerprint density at radius 3 is 2.79 bits per heavy atom. The number of hydrogen-bond acceptors (Lipinski definition) is 2. The van der Waals surface area contributed by atoms with Crippen molar-refractivity contribution in [1.29, 1.82) is 0 Å². The van der Waals surface area contributed by atoms with E-state index in [0.717, 1.165) is 19.6 Å². The first-order chi connectivity index (χ1) is 6.84. The molecule has 1 atom stereocenters. The summed E-state index contributed by atoms with van der Waals surface area (Å²) in [4.78, 5) is 2.24. The summed E-state index contributed by atoms with van der Waals surface area (Å²) in [7, 11) is 0. The van der Waals surface area contributed by atoms with Crippen LogP contribution in [0.3, 0.4) is 0 Å². The van der Waals surface area contributed by atoms with E-state index in [2.05, 4.69) is 17.0 Å². The molecule has 0 saturated carbocycles. The summed E-state index contributed by atoms with van der Waals surface area (Å²) in [5.74, 6) is 0. The Morgan fingerprint density at radius 2 is 2.07 bits per heavy atom. The normalized spacial score (nSPS) is 22.5. The summed E-state index contributed by atoms with van der Waals surface area (Å²) < 4.78 is 0. The molecule has 14 heavy (non-hydrogen) atoms. The maximum absolute atomic E-state index is 9.43. The summed E-state index contributed by atoms with van der Waals surface area (Å²) in [6.07, 6.45) is 3.59. The van der Waals surface area contributed by atoms with Gasteiger partial charge in [-0.1, -0.05) is 42.5 Å². The van der Waals surface area contributed by atoms with Crippen LogP contribution in [-0.4, -0.2) is 29.2 Å². The van der Waals surface area contributed by atoms with Gasteiger partial charge in [0.2, 0.25) is 0 Å². The van der Waals surface area contributed by atoms with Crippen LogP contribution in [0, 0.1) is 0 Å². The minimum atomic E-state index is -0.299. The molecule has 1 unspecified atom stereocenters. The summed E-state index contributed by atoms with van der Waals surface area (Å²) in [6, 6.07) is 10.3. The second kappa shape index (κ2) is 4.40. The zero-order valence-corrected chi connectivity index (χ0v) is 8.13. The lowest BCUT2D eigenvalue weighted by Gasteiger charge is -2.25. The van der Waals surface area contributed by atoms with Gasteiger partial charge in [-0.15, -0.1) is 0 Å². The Balaban J connectivity index is 1.96. The second-order valence-electron chi connectivity index (χ2n) is 3.68. The number of aliphatic hydroxyl groups excluding tert-OH is 1. The van der Waals surface area contributed by atoms with E-state index in [4.69, 9.17) is 0 Å². The van der Waals surface area contributed by atoms with E-state index in [9.17, 15) is 5.11 Å². The monoisotopic (exact) mass is 189 g/mol. The van der Waals surface area contributed by atoms with Crippen molar-refractivity contribution in [2.45, 2.75) is 12.6 Å². The first-order valence-corrected chi connectivity index (χ1v) is 4.95. The molecule has 1 aromatic carbocycles. The van der Waals surface area contributed by atoms with E-state index in [1.54, 1.807) is 0 Å². The van der Waals surface area contributed by atoms with Crippen LogP contribution < -0.4 is 0 Å². The van der Waals surface area contributed by atoms with Crippen LogP contribution in [0.2, 0.25) is 0 Å². The maximum Gasteiger partial charge on any atom is 0.0848 e. The van der Waals surface area contributed by atoms with Crippen LogP contribution in [0.5, 0.6) is 0 Å². The largest absolute Gasteiger partial charge is 0.388 e. The Kier molecular flexibility index (Phi) is 2.96. The molecule has 2 rings (SSSR count). The topological polar surface area (TPSA) is 23.5 Å². The van der Waals surface area contributed by atoms with Gasteiger partial charge in [-0.2, -0.15) is 0 Å². The van der Waals surface area contributed by atoms with E-state index in [-0.39, 0.29) is 6.10 Å². The molecule has 0 spiro atoms. The highest BCUT2D eigenvalue weighted by Gasteiger charge is 2.12. The first kappa shape index (κ1) is 9.44. The molecule has 0 radical (unpaired) electrons. The molecule has 1 aliphatic heterocycles. The highest BCUT2D eigenvalue weighted by atomic mass is 16.3. The summed E-state index contributed by atoms with van der Waals surface area (Å²) in [6.45, 7) is 2.60. The van der Waals surface area contributed by atoms with Gasteiger partial charge in [-0.25, -0.2) is 0 Å². The van der Waals surface area contributed by atoms with Gasteiger partial charge in [0.25, 0.3) is 0 Å². The zero-order chi connectivity index (χ0) is 9.80. The molecule has 1 N–H and O–H groups in total. The van der Waals surface area contributed by atoms with Crippen molar-refractivity contribution in [3.8, 4) is 0 Å². The SMILES string of the molecule is OC1C=CCN(Cc2ccccc2)C1. The standard InChI is InChI=1S/C12H15NO/c14-12-7-4-8-13(10-12)9-11-5-2-1-3-6-11/h1-7,12,14H,8-10H2. The molecule has 1 heterocycles. The third kappa shape index (κ3) is 2.44. The van der Waals surface area contributed by atoms with Crippen molar-refractivity contribution in [3.63, 3.8) is 0 Å². The van der Waals surface area contributed by atoms with E-state index in [1.165, 1.54) is 5.56 Å². The van der Waals surface area contributed by atoms with Crippen molar-refractivity contribution in [2.75, 3.05) is 13.1 Å².